The first kappa shape index (κ1) is 20.9. The number of carbonyl (C=O) groups excluding carboxylic acids is 2. The minimum atomic E-state index is -3.09. The smallest absolute Gasteiger partial charge is 0.262 e. The fourth-order valence-corrected chi connectivity index (χ4v) is 6.89. The van der Waals surface area contributed by atoms with Crippen molar-refractivity contribution in [1.29, 1.82) is 0 Å². The van der Waals surface area contributed by atoms with Crippen LogP contribution in [0.2, 0.25) is 0 Å². The van der Waals surface area contributed by atoms with Gasteiger partial charge in [0.1, 0.15) is 10.8 Å². The highest BCUT2D eigenvalue weighted by molar-refractivity contribution is 7.91. The van der Waals surface area contributed by atoms with Crippen molar-refractivity contribution in [1.82, 2.24) is 5.32 Å². The maximum Gasteiger partial charge on any atom is 0.262 e. The van der Waals surface area contributed by atoms with Gasteiger partial charge in [0.15, 0.2) is 16.4 Å². The average molecular weight is 449 g/mol. The summed E-state index contributed by atoms with van der Waals surface area (Å²) >= 11 is 1.42. The van der Waals surface area contributed by atoms with E-state index in [4.69, 9.17) is 4.74 Å². The normalized spacial score (nSPS) is 19.3. The maximum atomic E-state index is 13.0. The van der Waals surface area contributed by atoms with Crippen LogP contribution in [0, 0.1) is 6.92 Å². The zero-order chi connectivity index (χ0) is 21.3. The standard InChI is InChI=1S/C21H24N2O5S2/c1-13-4-2-5-15(10-13)28-11-18(24)23-21-19(16-6-3-7-17(16)29-21)20(25)22-14-8-9-30(26,27)12-14/h2,4-5,10,14H,3,6-9,11-12H2,1H3,(H,22,25)(H,23,24)/t14-/m0/s1. The van der Waals surface area contributed by atoms with Gasteiger partial charge >= 0.3 is 0 Å². The molecule has 1 atom stereocenters. The molecule has 1 fully saturated rings. The number of fused-ring (bicyclic) bond motifs is 1. The number of aryl methyl sites for hydroxylation is 2. The van der Waals surface area contributed by atoms with Crippen LogP contribution in [0.25, 0.3) is 0 Å². The molecule has 2 aliphatic rings. The van der Waals surface area contributed by atoms with Crippen LogP contribution in [-0.2, 0) is 27.5 Å². The zero-order valence-electron chi connectivity index (χ0n) is 16.7. The highest BCUT2D eigenvalue weighted by atomic mass is 32.2. The lowest BCUT2D eigenvalue weighted by Gasteiger charge is -2.13. The molecule has 0 bridgehead atoms. The number of carbonyl (C=O) groups is 2. The number of hydrogen-bond acceptors (Lipinski definition) is 6. The van der Waals surface area contributed by atoms with Crippen molar-refractivity contribution in [2.45, 2.75) is 38.6 Å². The second kappa shape index (κ2) is 8.39. The molecule has 2 aromatic rings. The van der Waals surface area contributed by atoms with Crippen LogP contribution in [0.15, 0.2) is 24.3 Å². The van der Waals surface area contributed by atoms with Crippen LogP contribution in [0.4, 0.5) is 5.00 Å². The lowest BCUT2D eigenvalue weighted by atomic mass is 10.1. The number of hydrogen-bond donors (Lipinski definition) is 2. The molecule has 2 heterocycles. The molecule has 0 radical (unpaired) electrons. The van der Waals surface area contributed by atoms with E-state index in [0.29, 0.717) is 22.7 Å². The summed E-state index contributed by atoms with van der Waals surface area (Å²) in [6, 6.07) is 7.06. The van der Waals surface area contributed by atoms with Gasteiger partial charge in [0, 0.05) is 10.9 Å². The molecule has 0 saturated carbocycles. The fourth-order valence-electron chi connectivity index (χ4n) is 3.92. The molecule has 1 aliphatic carbocycles. The van der Waals surface area contributed by atoms with Crippen molar-refractivity contribution in [2.24, 2.45) is 0 Å². The van der Waals surface area contributed by atoms with Gasteiger partial charge in [0.05, 0.1) is 17.1 Å². The Labute approximate surface area is 179 Å². The quantitative estimate of drug-likeness (QED) is 0.707. The second-order valence-corrected chi connectivity index (χ2v) is 11.1. The zero-order valence-corrected chi connectivity index (χ0v) is 18.3. The first-order chi connectivity index (χ1) is 14.3. The molecule has 7 nitrogen and oxygen atoms in total. The molecule has 4 rings (SSSR count). The molecule has 0 spiro atoms. The number of rotatable bonds is 6. The summed E-state index contributed by atoms with van der Waals surface area (Å²) in [6.07, 6.45) is 3.07. The van der Waals surface area contributed by atoms with E-state index in [1.165, 1.54) is 11.3 Å². The third kappa shape index (κ3) is 4.67. The van der Waals surface area contributed by atoms with Gasteiger partial charge in [-0.05, 0) is 55.9 Å². The Morgan fingerprint density at radius 1 is 1.27 bits per heavy atom. The molecular formula is C21H24N2O5S2. The van der Waals surface area contributed by atoms with E-state index in [9.17, 15) is 18.0 Å². The van der Waals surface area contributed by atoms with Gasteiger partial charge in [-0.3, -0.25) is 9.59 Å². The highest BCUT2D eigenvalue weighted by Gasteiger charge is 2.32. The van der Waals surface area contributed by atoms with Gasteiger partial charge in [0.25, 0.3) is 11.8 Å². The Balaban J connectivity index is 1.45. The number of nitrogens with one attached hydrogen (secondary N) is 2. The van der Waals surface area contributed by atoms with Crippen molar-refractivity contribution in [2.75, 3.05) is 23.4 Å². The maximum absolute atomic E-state index is 13.0. The number of benzene rings is 1. The summed E-state index contributed by atoms with van der Waals surface area (Å²) < 4.78 is 29.0. The molecule has 1 aliphatic heterocycles. The van der Waals surface area contributed by atoms with Gasteiger partial charge in [-0.15, -0.1) is 11.3 Å². The molecular weight excluding hydrogens is 424 g/mol. The van der Waals surface area contributed by atoms with Crippen molar-refractivity contribution < 1.29 is 22.7 Å². The van der Waals surface area contributed by atoms with Gasteiger partial charge < -0.3 is 15.4 Å². The Kier molecular flexibility index (Phi) is 5.84. The summed E-state index contributed by atoms with van der Waals surface area (Å²) in [4.78, 5) is 26.5. The summed E-state index contributed by atoms with van der Waals surface area (Å²) in [5.74, 6) is 0.0241. The van der Waals surface area contributed by atoms with Crippen molar-refractivity contribution in [3.05, 3.63) is 45.8 Å². The van der Waals surface area contributed by atoms with E-state index in [-0.39, 0.29) is 36.0 Å². The lowest BCUT2D eigenvalue weighted by Crippen LogP contribution is -2.36. The Hall–Kier alpha value is -2.39. The van der Waals surface area contributed by atoms with Crippen LogP contribution in [-0.4, -0.2) is 44.4 Å². The van der Waals surface area contributed by atoms with E-state index in [1.54, 1.807) is 6.07 Å². The summed E-state index contributed by atoms with van der Waals surface area (Å²) in [5.41, 5.74) is 2.48. The minimum Gasteiger partial charge on any atom is -0.484 e. The van der Waals surface area contributed by atoms with Gasteiger partial charge in [0.2, 0.25) is 0 Å². The summed E-state index contributed by atoms with van der Waals surface area (Å²) in [7, 11) is -3.09. The predicted molar refractivity (Wildman–Crippen MR) is 116 cm³/mol. The van der Waals surface area contributed by atoms with E-state index < -0.39 is 9.84 Å². The molecule has 1 aromatic carbocycles. The average Bonchev–Trinajstić information content (AvgIpc) is 3.34. The summed E-state index contributed by atoms with van der Waals surface area (Å²) in [5, 5.41) is 6.18. The monoisotopic (exact) mass is 448 g/mol. The first-order valence-electron chi connectivity index (χ1n) is 9.96. The molecule has 30 heavy (non-hydrogen) atoms. The van der Waals surface area contributed by atoms with E-state index >= 15 is 0 Å². The lowest BCUT2D eigenvalue weighted by molar-refractivity contribution is -0.118. The first-order valence-corrected chi connectivity index (χ1v) is 12.6. The summed E-state index contributed by atoms with van der Waals surface area (Å²) in [6.45, 7) is 1.79. The number of anilines is 1. The number of amides is 2. The van der Waals surface area contributed by atoms with Gasteiger partial charge in [-0.25, -0.2) is 8.42 Å². The van der Waals surface area contributed by atoms with Crippen LogP contribution in [0.5, 0.6) is 5.75 Å². The van der Waals surface area contributed by atoms with Crippen LogP contribution < -0.4 is 15.4 Å². The Morgan fingerprint density at radius 2 is 2.10 bits per heavy atom. The number of sulfone groups is 1. The second-order valence-electron chi connectivity index (χ2n) is 7.79. The molecule has 160 valence electrons. The van der Waals surface area contributed by atoms with Gasteiger partial charge in [-0.1, -0.05) is 12.1 Å². The topological polar surface area (TPSA) is 102 Å². The van der Waals surface area contributed by atoms with Gasteiger partial charge in [-0.2, -0.15) is 0 Å². The molecule has 1 aromatic heterocycles. The molecule has 9 heteroatoms. The molecule has 0 unspecified atom stereocenters. The number of ether oxygens (including phenoxy) is 1. The number of thiophene rings is 1. The third-order valence-electron chi connectivity index (χ3n) is 5.33. The third-order valence-corrected chi connectivity index (χ3v) is 8.30. The largest absolute Gasteiger partial charge is 0.484 e. The Bertz CT molecular complexity index is 1090. The van der Waals surface area contributed by atoms with Crippen LogP contribution in [0.1, 0.15) is 39.2 Å². The SMILES string of the molecule is Cc1cccc(OCC(=O)Nc2sc3c(c2C(=O)N[C@H]2CCS(=O)(=O)C2)CCC3)c1. The van der Waals surface area contributed by atoms with Crippen LogP contribution in [0.3, 0.4) is 0 Å². The fraction of sp³-hybridized carbons (Fsp3) is 0.429. The molecule has 2 amide bonds. The Morgan fingerprint density at radius 3 is 2.83 bits per heavy atom. The van der Waals surface area contributed by atoms with Crippen LogP contribution >= 0.6 is 11.3 Å². The highest BCUT2D eigenvalue weighted by Crippen LogP contribution is 2.39. The predicted octanol–water partition coefficient (Wildman–Crippen LogP) is 2.48. The van der Waals surface area contributed by atoms with Crippen molar-refractivity contribution in [3.63, 3.8) is 0 Å². The van der Waals surface area contributed by atoms with E-state index in [2.05, 4.69) is 10.6 Å². The van der Waals surface area contributed by atoms with E-state index in [1.807, 2.05) is 25.1 Å². The minimum absolute atomic E-state index is 0.0307. The van der Waals surface area contributed by atoms with E-state index in [0.717, 1.165) is 35.3 Å². The molecule has 2 N–H and O–H groups in total. The molecule has 1 saturated heterocycles. The van der Waals surface area contributed by atoms with Crippen molar-refractivity contribution in [3.8, 4) is 5.75 Å². The van der Waals surface area contributed by atoms with Crippen molar-refractivity contribution >= 4 is 38.0 Å².